The van der Waals surface area contributed by atoms with Crippen molar-refractivity contribution in [1.82, 2.24) is 5.32 Å². The van der Waals surface area contributed by atoms with E-state index in [0.29, 0.717) is 24.7 Å². The van der Waals surface area contributed by atoms with Gasteiger partial charge in [-0.15, -0.1) is 0 Å². The predicted octanol–water partition coefficient (Wildman–Crippen LogP) is 1.99. The van der Waals surface area contributed by atoms with E-state index in [-0.39, 0.29) is 11.2 Å². The summed E-state index contributed by atoms with van der Waals surface area (Å²) < 4.78 is 28.2. The fraction of sp³-hybridized carbons (Fsp3) is 1.00. The van der Waals surface area contributed by atoms with Gasteiger partial charge in [-0.2, -0.15) is 0 Å². The van der Waals surface area contributed by atoms with Crippen LogP contribution in [-0.4, -0.2) is 45.2 Å². The summed E-state index contributed by atoms with van der Waals surface area (Å²) in [7, 11) is -2.87. The van der Waals surface area contributed by atoms with Gasteiger partial charge >= 0.3 is 0 Å². The molecule has 0 aromatic heterocycles. The van der Waals surface area contributed by atoms with Crippen LogP contribution in [0.5, 0.6) is 0 Å². The molecule has 114 valence electrons. The lowest BCUT2D eigenvalue weighted by molar-refractivity contribution is -0.0431. The van der Waals surface area contributed by atoms with E-state index >= 15 is 0 Å². The average Bonchev–Trinajstić information content (AvgIpc) is 2.22. The van der Waals surface area contributed by atoms with Crippen molar-refractivity contribution in [1.29, 1.82) is 0 Å². The Balaban J connectivity index is 2.37. The number of hydrogen-bond acceptors (Lipinski definition) is 4. The first-order valence-electron chi connectivity index (χ1n) is 7.14. The van der Waals surface area contributed by atoms with Crippen molar-refractivity contribution in [3.63, 3.8) is 0 Å². The predicted molar refractivity (Wildman–Crippen MR) is 79.1 cm³/mol. The van der Waals surface area contributed by atoms with Crippen LogP contribution in [0.3, 0.4) is 0 Å². The Morgan fingerprint density at radius 3 is 2.21 bits per heavy atom. The molecule has 1 aliphatic rings. The maximum absolute atomic E-state index is 11.2. The Bertz CT molecular complexity index is 368. The second-order valence-electron chi connectivity index (χ2n) is 6.85. The van der Waals surface area contributed by atoms with Gasteiger partial charge in [-0.1, -0.05) is 13.8 Å². The van der Waals surface area contributed by atoms with Crippen LogP contribution in [0.4, 0.5) is 0 Å². The summed E-state index contributed by atoms with van der Waals surface area (Å²) in [5.74, 6) is 0.266. The molecule has 0 radical (unpaired) electrons. The zero-order chi connectivity index (χ0) is 14.7. The number of nitrogens with one attached hydrogen (secondary N) is 1. The first-order chi connectivity index (χ1) is 8.57. The molecule has 1 rings (SSSR count). The molecule has 1 N–H and O–H groups in total. The largest absolute Gasteiger partial charge is 0.375 e. The van der Waals surface area contributed by atoms with Crippen molar-refractivity contribution in [3.05, 3.63) is 0 Å². The van der Waals surface area contributed by atoms with Crippen LogP contribution in [0.15, 0.2) is 0 Å². The van der Waals surface area contributed by atoms with Gasteiger partial charge in [0.1, 0.15) is 9.84 Å². The van der Waals surface area contributed by atoms with E-state index in [1.807, 2.05) is 0 Å². The Hall–Kier alpha value is -0.130. The van der Waals surface area contributed by atoms with Gasteiger partial charge in [-0.3, -0.25) is 0 Å². The molecule has 4 nitrogen and oxygen atoms in total. The molecule has 19 heavy (non-hydrogen) atoms. The summed E-state index contributed by atoms with van der Waals surface area (Å²) >= 11 is 0. The smallest absolute Gasteiger partial charge is 0.147 e. The number of hydrogen-bond donors (Lipinski definition) is 1. The number of ether oxygens (including phenoxy) is 1. The lowest BCUT2D eigenvalue weighted by atomic mass is 9.89. The minimum absolute atomic E-state index is 0.00780. The number of sulfone groups is 1. The normalized spacial score (nSPS) is 29.4. The van der Waals surface area contributed by atoms with E-state index in [1.54, 1.807) is 0 Å². The first kappa shape index (κ1) is 16.9. The molecule has 1 fully saturated rings. The molecule has 0 aromatic rings. The monoisotopic (exact) mass is 291 g/mol. The highest BCUT2D eigenvalue weighted by Gasteiger charge is 2.26. The first-order valence-corrected chi connectivity index (χ1v) is 9.20. The minimum atomic E-state index is -2.87. The molecule has 0 aliphatic carbocycles. The van der Waals surface area contributed by atoms with Gasteiger partial charge in [-0.25, -0.2) is 8.42 Å². The molecule has 5 heteroatoms. The molecule has 2 atom stereocenters. The van der Waals surface area contributed by atoms with Crippen molar-refractivity contribution in [2.75, 3.05) is 18.6 Å². The Morgan fingerprint density at radius 2 is 1.74 bits per heavy atom. The van der Waals surface area contributed by atoms with E-state index in [2.05, 4.69) is 33.0 Å². The quantitative estimate of drug-likeness (QED) is 0.813. The van der Waals surface area contributed by atoms with Crippen LogP contribution in [0.25, 0.3) is 0 Å². The SMILES string of the molecule is C[C@@H]1CC(NCC(C)(C)CCS(C)(=O)=O)C[C@@H](C)O1. The second kappa shape index (κ2) is 6.55. The summed E-state index contributed by atoms with van der Waals surface area (Å²) in [6.45, 7) is 9.32. The maximum atomic E-state index is 11.2. The Kier molecular flexibility index (Phi) is 5.83. The summed E-state index contributed by atoms with van der Waals surface area (Å²) in [5.41, 5.74) is 0.00780. The highest BCUT2D eigenvalue weighted by Crippen LogP contribution is 2.23. The van der Waals surface area contributed by atoms with Crippen LogP contribution < -0.4 is 5.32 Å². The van der Waals surface area contributed by atoms with Crippen LogP contribution in [0, 0.1) is 5.41 Å². The minimum Gasteiger partial charge on any atom is -0.375 e. The van der Waals surface area contributed by atoms with Gasteiger partial charge in [-0.05, 0) is 38.5 Å². The van der Waals surface area contributed by atoms with Gasteiger partial charge in [0.15, 0.2) is 0 Å². The Morgan fingerprint density at radius 1 is 1.21 bits per heavy atom. The van der Waals surface area contributed by atoms with Crippen molar-refractivity contribution < 1.29 is 13.2 Å². The van der Waals surface area contributed by atoms with E-state index in [4.69, 9.17) is 4.74 Å². The molecule has 0 aromatic carbocycles. The zero-order valence-electron chi connectivity index (χ0n) is 12.9. The third-order valence-electron chi connectivity index (χ3n) is 3.72. The van der Waals surface area contributed by atoms with Crippen LogP contribution in [0.1, 0.15) is 47.0 Å². The lowest BCUT2D eigenvalue weighted by Crippen LogP contribution is -2.44. The van der Waals surface area contributed by atoms with E-state index in [9.17, 15) is 8.42 Å². The summed E-state index contributed by atoms with van der Waals surface area (Å²) in [6.07, 6.45) is 4.69. The summed E-state index contributed by atoms with van der Waals surface area (Å²) in [4.78, 5) is 0. The maximum Gasteiger partial charge on any atom is 0.147 e. The van der Waals surface area contributed by atoms with Gasteiger partial charge in [0.05, 0.1) is 18.0 Å². The average molecular weight is 291 g/mol. The van der Waals surface area contributed by atoms with Crippen molar-refractivity contribution in [2.45, 2.75) is 65.2 Å². The molecule has 0 unspecified atom stereocenters. The van der Waals surface area contributed by atoms with E-state index < -0.39 is 9.84 Å². The molecular formula is C14H29NO3S. The van der Waals surface area contributed by atoms with Gasteiger partial charge in [0.25, 0.3) is 0 Å². The van der Waals surface area contributed by atoms with Gasteiger partial charge in [0.2, 0.25) is 0 Å². The molecule has 1 aliphatic heterocycles. The van der Waals surface area contributed by atoms with Crippen molar-refractivity contribution in [3.8, 4) is 0 Å². The Labute approximate surface area is 118 Å². The van der Waals surface area contributed by atoms with Crippen molar-refractivity contribution >= 4 is 9.84 Å². The number of rotatable bonds is 6. The highest BCUT2D eigenvalue weighted by atomic mass is 32.2. The van der Waals surface area contributed by atoms with Gasteiger partial charge < -0.3 is 10.1 Å². The zero-order valence-corrected chi connectivity index (χ0v) is 13.7. The third-order valence-corrected chi connectivity index (χ3v) is 4.66. The molecule has 1 heterocycles. The summed E-state index contributed by atoms with van der Waals surface area (Å²) in [5, 5.41) is 3.58. The van der Waals surface area contributed by atoms with Crippen molar-refractivity contribution in [2.24, 2.45) is 5.41 Å². The second-order valence-corrected chi connectivity index (χ2v) is 9.11. The molecule has 0 spiro atoms. The van der Waals surface area contributed by atoms with E-state index in [0.717, 1.165) is 19.4 Å². The fourth-order valence-corrected chi connectivity index (χ4v) is 3.47. The molecule has 0 saturated carbocycles. The molecule has 0 bridgehead atoms. The third kappa shape index (κ3) is 7.28. The van der Waals surface area contributed by atoms with Crippen LogP contribution in [0.2, 0.25) is 0 Å². The van der Waals surface area contributed by atoms with Gasteiger partial charge in [0, 0.05) is 18.8 Å². The van der Waals surface area contributed by atoms with E-state index in [1.165, 1.54) is 6.26 Å². The topological polar surface area (TPSA) is 55.4 Å². The molecule has 1 saturated heterocycles. The fourth-order valence-electron chi connectivity index (χ4n) is 2.54. The standard InChI is InChI=1S/C14H29NO3S/c1-11-8-13(9-12(2)18-11)15-10-14(3,4)6-7-19(5,16)17/h11-13,15H,6-10H2,1-5H3/t11-,12-/m1/s1. The van der Waals surface area contributed by atoms with Crippen LogP contribution in [-0.2, 0) is 14.6 Å². The van der Waals surface area contributed by atoms with Crippen LogP contribution >= 0.6 is 0 Å². The summed E-state index contributed by atoms with van der Waals surface area (Å²) in [6, 6.07) is 0.483. The molecular weight excluding hydrogens is 262 g/mol. The lowest BCUT2D eigenvalue weighted by Gasteiger charge is -2.35. The highest BCUT2D eigenvalue weighted by molar-refractivity contribution is 7.90. The molecule has 0 amide bonds.